The van der Waals surface area contributed by atoms with Crippen molar-refractivity contribution in [2.24, 2.45) is 11.7 Å². The summed E-state index contributed by atoms with van der Waals surface area (Å²) >= 11 is 2.08. The molecule has 19 heavy (non-hydrogen) atoms. The third-order valence-corrected chi connectivity index (χ3v) is 5.33. The van der Waals surface area contributed by atoms with Crippen molar-refractivity contribution in [2.45, 2.75) is 69.1 Å². The SMILES string of the molecule is Cc1cc(SC2CCCC(C)C2)ccc1CC(C)N. The van der Waals surface area contributed by atoms with E-state index in [1.165, 1.54) is 41.7 Å². The Bertz CT molecular complexity index is 414. The Morgan fingerprint density at radius 3 is 2.79 bits per heavy atom. The van der Waals surface area contributed by atoms with E-state index in [0.29, 0.717) is 0 Å². The van der Waals surface area contributed by atoms with Gasteiger partial charge >= 0.3 is 0 Å². The molecule has 0 amide bonds. The fourth-order valence-corrected chi connectivity index (χ4v) is 4.48. The maximum Gasteiger partial charge on any atom is 0.00969 e. The summed E-state index contributed by atoms with van der Waals surface area (Å²) in [5, 5.41) is 0.822. The molecular weight excluding hydrogens is 250 g/mol. The van der Waals surface area contributed by atoms with Gasteiger partial charge in [-0.2, -0.15) is 0 Å². The Hall–Kier alpha value is -0.470. The second-order valence-electron chi connectivity index (χ2n) is 6.28. The van der Waals surface area contributed by atoms with E-state index < -0.39 is 0 Å². The standard InChI is InChI=1S/C17H27NS/c1-12-5-4-6-16(9-12)19-17-8-7-15(11-14(3)18)13(2)10-17/h7-8,10,12,14,16H,4-6,9,11,18H2,1-3H3. The fraction of sp³-hybridized carbons (Fsp3) is 0.647. The average Bonchev–Trinajstić information content (AvgIpc) is 2.32. The van der Waals surface area contributed by atoms with Crippen LogP contribution in [0.3, 0.4) is 0 Å². The summed E-state index contributed by atoms with van der Waals surface area (Å²) in [7, 11) is 0. The molecule has 106 valence electrons. The highest BCUT2D eigenvalue weighted by molar-refractivity contribution is 8.00. The number of aryl methyl sites for hydroxylation is 1. The molecule has 1 aromatic rings. The summed E-state index contributed by atoms with van der Waals surface area (Å²) in [5.41, 5.74) is 8.68. The van der Waals surface area contributed by atoms with E-state index in [9.17, 15) is 0 Å². The Kier molecular flexibility index (Phi) is 5.35. The zero-order valence-corrected chi connectivity index (χ0v) is 13.3. The Morgan fingerprint density at radius 2 is 2.16 bits per heavy atom. The van der Waals surface area contributed by atoms with Gasteiger partial charge in [-0.25, -0.2) is 0 Å². The van der Waals surface area contributed by atoms with Gasteiger partial charge < -0.3 is 5.73 Å². The summed E-state index contributed by atoms with van der Waals surface area (Å²) < 4.78 is 0. The lowest BCUT2D eigenvalue weighted by Gasteiger charge is -2.26. The monoisotopic (exact) mass is 277 g/mol. The molecule has 1 fully saturated rings. The highest BCUT2D eigenvalue weighted by Gasteiger charge is 2.19. The van der Waals surface area contributed by atoms with Crippen LogP contribution in [0.25, 0.3) is 0 Å². The lowest BCUT2D eigenvalue weighted by atomic mass is 9.91. The van der Waals surface area contributed by atoms with E-state index in [2.05, 4.69) is 50.7 Å². The molecule has 3 atom stereocenters. The first-order chi connectivity index (χ1) is 9.04. The Balaban J connectivity index is 1.99. The molecule has 0 aromatic heterocycles. The predicted molar refractivity (Wildman–Crippen MR) is 85.8 cm³/mol. The molecule has 1 aromatic carbocycles. The maximum atomic E-state index is 5.89. The van der Waals surface area contributed by atoms with Crippen molar-refractivity contribution in [3.63, 3.8) is 0 Å². The normalized spacial score (nSPS) is 25.3. The van der Waals surface area contributed by atoms with E-state index in [4.69, 9.17) is 5.73 Å². The van der Waals surface area contributed by atoms with Crippen molar-refractivity contribution in [3.05, 3.63) is 29.3 Å². The first kappa shape index (κ1) is 14.9. The van der Waals surface area contributed by atoms with E-state index in [-0.39, 0.29) is 6.04 Å². The van der Waals surface area contributed by atoms with E-state index in [1.807, 2.05) is 0 Å². The number of hydrogen-bond acceptors (Lipinski definition) is 2. The van der Waals surface area contributed by atoms with Crippen LogP contribution >= 0.6 is 11.8 Å². The van der Waals surface area contributed by atoms with Crippen molar-refractivity contribution in [2.75, 3.05) is 0 Å². The summed E-state index contributed by atoms with van der Waals surface area (Å²) in [5.74, 6) is 0.907. The van der Waals surface area contributed by atoms with E-state index >= 15 is 0 Å². The van der Waals surface area contributed by atoms with Crippen LogP contribution in [0.4, 0.5) is 0 Å². The van der Waals surface area contributed by atoms with Crippen molar-refractivity contribution in [3.8, 4) is 0 Å². The number of rotatable bonds is 4. The lowest BCUT2D eigenvalue weighted by molar-refractivity contribution is 0.394. The van der Waals surface area contributed by atoms with Gasteiger partial charge in [-0.05, 0) is 62.3 Å². The molecule has 0 spiro atoms. The third kappa shape index (κ3) is 4.54. The van der Waals surface area contributed by atoms with E-state index in [1.54, 1.807) is 0 Å². The summed E-state index contributed by atoms with van der Waals surface area (Å²) in [6, 6.07) is 7.15. The molecule has 0 heterocycles. The summed E-state index contributed by atoms with van der Waals surface area (Å²) in [4.78, 5) is 1.44. The van der Waals surface area contributed by atoms with Crippen LogP contribution < -0.4 is 5.73 Å². The van der Waals surface area contributed by atoms with Crippen LogP contribution in [-0.4, -0.2) is 11.3 Å². The Labute approximate surface area is 122 Å². The van der Waals surface area contributed by atoms with Gasteiger partial charge in [-0.3, -0.25) is 0 Å². The minimum absolute atomic E-state index is 0.247. The Morgan fingerprint density at radius 1 is 1.37 bits per heavy atom. The molecule has 2 N–H and O–H groups in total. The molecule has 0 saturated heterocycles. The molecule has 0 radical (unpaired) electrons. The average molecular weight is 277 g/mol. The molecule has 0 aliphatic heterocycles. The summed E-state index contributed by atoms with van der Waals surface area (Å²) in [6.07, 6.45) is 6.57. The molecule has 1 aliphatic rings. The largest absolute Gasteiger partial charge is 0.328 e. The first-order valence-corrected chi connectivity index (χ1v) is 8.44. The third-order valence-electron chi connectivity index (χ3n) is 4.05. The molecule has 1 nitrogen and oxygen atoms in total. The van der Waals surface area contributed by atoms with Crippen LogP contribution in [0.1, 0.15) is 50.7 Å². The van der Waals surface area contributed by atoms with Gasteiger partial charge in [-0.15, -0.1) is 11.8 Å². The second kappa shape index (κ2) is 6.81. The molecule has 1 aliphatic carbocycles. The molecule has 3 unspecified atom stereocenters. The maximum absolute atomic E-state index is 5.89. The van der Waals surface area contributed by atoms with E-state index in [0.717, 1.165) is 17.6 Å². The topological polar surface area (TPSA) is 26.0 Å². The highest BCUT2D eigenvalue weighted by Crippen LogP contribution is 2.36. The van der Waals surface area contributed by atoms with Gasteiger partial charge in [0.25, 0.3) is 0 Å². The van der Waals surface area contributed by atoms with Crippen LogP contribution in [0.5, 0.6) is 0 Å². The zero-order valence-electron chi connectivity index (χ0n) is 12.5. The number of thioether (sulfide) groups is 1. The molecule has 1 saturated carbocycles. The van der Waals surface area contributed by atoms with Crippen molar-refractivity contribution < 1.29 is 0 Å². The molecule has 2 heteroatoms. The minimum Gasteiger partial charge on any atom is -0.328 e. The number of hydrogen-bond donors (Lipinski definition) is 1. The number of benzene rings is 1. The second-order valence-corrected chi connectivity index (χ2v) is 7.66. The van der Waals surface area contributed by atoms with Gasteiger partial charge in [0.05, 0.1) is 0 Å². The number of nitrogens with two attached hydrogens (primary N) is 1. The first-order valence-electron chi connectivity index (χ1n) is 7.56. The fourth-order valence-electron chi connectivity index (χ4n) is 3.00. The van der Waals surface area contributed by atoms with Gasteiger partial charge in [0.2, 0.25) is 0 Å². The van der Waals surface area contributed by atoms with Crippen LogP contribution in [-0.2, 0) is 6.42 Å². The van der Waals surface area contributed by atoms with Crippen LogP contribution in [0, 0.1) is 12.8 Å². The van der Waals surface area contributed by atoms with Crippen LogP contribution in [0.2, 0.25) is 0 Å². The quantitative estimate of drug-likeness (QED) is 0.873. The highest BCUT2D eigenvalue weighted by atomic mass is 32.2. The molecular formula is C17H27NS. The van der Waals surface area contributed by atoms with Crippen molar-refractivity contribution in [1.82, 2.24) is 0 Å². The van der Waals surface area contributed by atoms with Crippen LogP contribution in [0.15, 0.2) is 23.1 Å². The molecule has 0 bridgehead atoms. The van der Waals surface area contributed by atoms with Gasteiger partial charge in [0, 0.05) is 16.2 Å². The van der Waals surface area contributed by atoms with Crippen molar-refractivity contribution >= 4 is 11.8 Å². The van der Waals surface area contributed by atoms with Gasteiger partial charge in [0.1, 0.15) is 0 Å². The summed E-state index contributed by atoms with van der Waals surface area (Å²) in [6.45, 7) is 6.68. The minimum atomic E-state index is 0.247. The van der Waals surface area contributed by atoms with Gasteiger partial charge in [0.15, 0.2) is 0 Å². The predicted octanol–water partition coefficient (Wildman–Crippen LogP) is 4.56. The smallest absolute Gasteiger partial charge is 0.00969 e. The van der Waals surface area contributed by atoms with Gasteiger partial charge in [-0.1, -0.05) is 25.8 Å². The molecule has 2 rings (SSSR count). The zero-order chi connectivity index (χ0) is 13.8. The lowest BCUT2D eigenvalue weighted by Crippen LogP contribution is -2.18. The van der Waals surface area contributed by atoms with Crippen molar-refractivity contribution in [1.29, 1.82) is 0 Å².